The van der Waals surface area contributed by atoms with Crippen LogP contribution in [0.2, 0.25) is 0 Å². The van der Waals surface area contributed by atoms with E-state index in [1.54, 1.807) is 6.20 Å². The summed E-state index contributed by atoms with van der Waals surface area (Å²) >= 11 is 0. The lowest BCUT2D eigenvalue weighted by atomic mass is 10.2. The number of pyridine rings is 1. The largest absolute Gasteiger partial charge is 0.482 e. The molecule has 8 nitrogen and oxygen atoms in total. The number of rotatable bonds is 5. The summed E-state index contributed by atoms with van der Waals surface area (Å²) in [7, 11) is 0. The van der Waals surface area contributed by atoms with Crippen molar-refractivity contribution < 1.29 is 18.7 Å². The van der Waals surface area contributed by atoms with Crippen molar-refractivity contribution in [1.29, 1.82) is 0 Å². The maximum atomic E-state index is 12.1. The Morgan fingerprint density at radius 2 is 2.23 bits per heavy atom. The zero-order valence-corrected chi connectivity index (χ0v) is 13.8. The minimum absolute atomic E-state index is 0.0624. The summed E-state index contributed by atoms with van der Waals surface area (Å²) in [6.07, 6.45) is 3.51. The van der Waals surface area contributed by atoms with E-state index in [2.05, 4.69) is 20.6 Å². The van der Waals surface area contributed by atoms with Crippen molar-refractivity contribution in [3.8, 4) is 5.75 Å². The standard InChI is InChI=1S/C18H16N4O4/c23-17-12(6-8-20-17)22-18(24)13-9-26-15(21-13)10-25-14-5-1-3-11-4-2-7-19-16(11)14/h1-5,7,9,12H,6,8,10H2,(H,20,23)(H,22,24)/t12-/m1/s1. The van der Waals surface area contributed by atoms with Gasteiger partial charge in [-0.2, -0.15) is 0 Å². The van der Waals surface area contributed by atoms with Gasteiger partial charge in [0, 0.05) is 18.1 Å². The molecule has 2 aromatic heterocycles. The van der Waals surface area contributed by atoms with E-state index < -0.39 is 11.9 Å². The zero-order valence-electron chi connectivity index (χ0n) is 13.8. The monoisotopic (exact) mass is 352 g/mol. The number of hydrogen-bond acceptors (Lipinski definition) is 6. The first-order valence-corrected chi connectivity index (χ1v) is 8.20. The van der Waals surface area contributed by atoms with Gasteiger partial charge in [-0.05, 0) is 18.6 Å². The molecule has 1 saturated heterocycles. The number of aromatic nitrogens is 2. The molecule has 3 aromatic rings. The number of fused-ring (bicyclic) bond motifs is 1. The lowest BCUT2D eigenvalue weighted by Gasteiger charge is -2.07. The highest BCUT2D eigenvalue weighted by Crippen LogP contribution is 2.23. The predicted octanol–water partition coefficient (Wildman–Crippen LogP) is 1.42. The van der Waals surface area contributed by atoms with Crippen LogP contribution >= 0.6 is 0 Å². The smallest absolute Gasteiger partial charge is 0.273 e. The van der Waals surface area contributed by atoms with Crippen LogP contribution in [-0.4, -0.2) is 34.4 Å². The van der Waals surface area contributed by atoms with Crippen molar-refractivity contribution in [2.24, 2.45) is 0 Å². The second kappa shape index (κ2) is 6.83. The minimum atomic E-state index is -0.527. The van der Waals surface area contributed by atoms with E-state index in [0.717, 1.165) is 10.9 Å². The van der Waals surface area contributed by atoms with Gasteiger partial charge in [0.25, 0.3) is 5.91 Å². The fourth-order valence-corrected chi connectivity index (χ4v) is 2.78. The number of para-hydroxylation sites is 1. The van der Waals surface area contributed by atoms with Gasteiger partial charge in [0.2, 0.25) is 11.8 Å². The maximum absolute atomic E-state index is 12.1. The normalized spacial score (nSPS) is 16.5. The second-order valence-corrected chi connectivity index (χ2v) is 5.85. The number of carbonyl (C=O) groups excluding carboxylic acids is 2. The number of nitrogens with zero attached hydrogens (tertiary/aromatic N) is 2. The fraction of sp³-hybridized carbons (Fsp3) is 0.222. The number of hydrogen-bond donors (Lipinski definition) is 2. The van der Waals surface area contributed by atoms with Gasteiger partial charge in [0.1, 0.15) is 23.6 Å². The molecular formula is C18H16N4O4. The van der Waals surface area contributed by atoms with Gasteiger partial charge >= 0.3 is 0 Å². The highest BCUT2D eigenvalue weighted by molar-refractivity contribution is 5.96. The second-order valence-electron chi connectivity index (χ2n) is 5.85. The van der Waals surface area contributed by atoms with Crippen LogP contribution in [-0.2, 0) is 11.4 Å². The molecule has 2 N–H and O–H groups in total. The Bertz CT molecular complexity index is 963. The number of benzene rings is 1. The molecule has 0 saturated carbocycles. The molecule has 0 spiro atoms. The number of carbonyl (C=O) groups is 2. The van der Waals surface area contributed by atoms with Crippen LogP contribution in [0.3, 0.4) is 0 Å². The number of amides is 2. The molecule has 0 unspecified atom stereocenters. The summed E-state index contributed by atoms with van der Waals surface area (Å²) in [5, 5.41) is 6.26. The first-order chi connectivity index (χ1) is 12.7. The molecule has 4 rings (SSSR count). The third-order valence-electron chi connectivity index (χ3n) is 4.09. The fourth-order valence-electron chi connectivity index (χ4n) is 2.78. The molecule has 1 atom stereocenters. The van der Waals surface area contributed by atoms with Crippen LogP contribution in [0.25, 0.3) is 10.9 Å². The first-order valence-electron chi connectivity index (χ1n) is 8.20. The van der Waals surface area contributed by atoms with Gasteiger partial charge in [0.05, 0.1) is 0 Å². The Hall–Kier alpha value is -3.42. The van der Waals surface area contributed by atoms with E-state index >= 15 is 0 Å². The van der Waals surface area contributed by atoms with Crippen LogP contribution in [0.5, 0.6) is 5.75 Å². The Morgan fingerprint density at radius 1 is 1.35 bits per heavy atom. The van der Waals surface area contributed by atoms with Crippen molar-refractivity contribution in [2.75, 3.05) is 6.54 Å². The topological polar surface area (TPSA) is 106 Å². The van der Waals surface area contributed by atoms with Crippen LogP contribution < -0.4 is 15.4 Å². The molecule has 8 heteroatoms. The van der Waals surface area contributed by atoms with Gasteiger partial charge in [-0.25, -0.2) is 4.98 Å². The van der Waals surface area contributed by atoms with Crippen molar-refractivity contribution >= 4 is 22.7 Å². The summed E-state index contributed by atoms with van der Waals surface area (Å²) in [5.41, 5.74) is 0.853. The van der Waals surface area contributed by atoms with Crippen molar-refractivity contribution in [1.82, 2.24) is 20.6 Å². The maximum Gasteiger partial charge on any atom is 0.273 e. The van der Waals surface area contributed by atoms with Gasteiger partial charge in [-0.1, -0.05) is 18.2 Å². The molecule has 2 amide bonds. The Labute approximate surface area is 148 Å². The summed E-state index contributed by atoms with van der Waals surface area (Å²) in [6.45, 7) is 0.619. The van der Waals surface area contributed by atoms with Gasteiger partial charge in [-0.3, -0.25) is 14.6 Å². The zero-order chi connectivity index (χ0) is 17.9. The average molecular weight is 352 g/mol. The van der Waals surface area contributed by atoms with E-state index in [-0.39, 0.29) is 24.1 Å². The molecule has 26 heavy (non-hydrogen) atoms. The predicted molar refractivity (Wildman–Crippen MR) is 91.5 cm³/mol. The lowest BCUT2D eigenvalue weighted by molar-refractivity contribution is -0.120. The van der Waals surface area contributed by atoms with Crippen LogP contribution in [0.1, 0.15) is 22.8 Å². The van der Waals surface area contributed by atoms with Crippen LogP contribution in [0.4, 0.5) is 0 Å². The third-order valence-corrected chi connectivity index (χ3v) is 4.09. The summed E-state index contributed by atoms with van der Waals surface area (Å²) < 4.78 is 11.0. The molecule has 0 radical (unpaired) electrons. The molecule has 1 aliphatic rings. The Kier molecular flexibility index (Phi) is 4.22. The van der Waals surface area contributed by atoms with Gasteiger partial charge in [0.15, 0.2) is 12.3 Å². The Balaban J connectivity index is 1.42. The van der Waals surface area contributed by atoms with Crippen molar-refractivity contribution in [3.63, 3.8) is 0 Å². The van der Waals surface area contributed by atoms with E-state index in [1.165, 1.54) is 6.26 Å². The molecule has 0 bridgehead atoms. The van der Waals surface area contributed by atoms with E-state index in [4.69, 9.17) is 9.15 Å². The molecule has 1 aromatic carbocycles. The van der Waals surface area contributed by atoms with Crippen LogP contribution in [0, 0.1) is 0 Å². The van der Waals surface area contributed by atoms with E-state index in [1.807, 2.05) is 30.3 Å². The van der Waals surface area contributed by atoms with Crippen LogP contribution in [0.15, 0.2) is 47.2 Å². The molecule has 0 aliphatic carbocycles. The quantitative estimate of drug-likeness (QED) is 0.719. The summed E-state index contributed by atoms with van der Waals surface area (Å²) in [4.78, 5) is 32.1. The van der Waals surface area contributed by atoms with E-state index in [0.29, 0.717) is 18.7 Å². The van der Waals surface area contributed by atoms with Crippen molar-refractivity contribution in [3.05, 3.63) is 54.4 Å². The summed E-state index contributed by atoms with van der Waals surface area (Å²) in [6, 6.07) is 8.91. The van der Waals surface area contributed by atoms with Gasteiger partial charge < -0.3 is 19.8 Å². The number of ether oxygens (including phenoxy) is 1. The van der Waals surface area contributed by atoms with Crippen molar-refractivity contribution in [2.45, 2.75) is 19.1 Å². The SMILES string of the molecule is O=C(N[C@@H]1CCNC1=O)c1coc(COc2cccc3cccnc23)n1. The minimum Gasteiger partial charge on any atom is -0.482 e. The molecule has 3 heterocycles. The molecule has 132 valence electrons. The number of nitrogens with one attached hydrogen (secondary N) is 2. The molecule has 1 aliphatic heterocycles. The van der Waals surface area contributed by atoms with Gasteiger partial charge in [-0.15, -0.1) is 0 Å². The summed E-state index contributed by atoms with van der Waals surface area (Å²) in [5.74, 6) is 0.233. The first kappa shape index (κ1) is 16.1. The Morgan fingerprint density at radius 3 is 3.08 bits per heavy atom. The molecule has 1 fully saturated rings. The third kappa shape index (κ3) is 3.21. The lowest BCUT2D eigenvalue weighted by Crippen LogP contribution is -2.40. The molecular weight excluding hydrogens is 336 g/mol. The highest BCUT2D eigenvalue weighted by atomic mass is 16.5. The van der Waals surface area contributed by atoms with E-state index in [9.17, 15) is 9.59 Å². The highest BCUT2D eigenvalue weighted by Gasteiger charge is 2.27. The number of oxazole rings is 1. The average Bonchev–Trinajstić information content (AvgIpc) is 3.29.